The molecule has 3 aromatic heterocycles. The summed E-state index contributed by atoms with van der Waals surface area (Å²) in [6, 6.07) is 87.2. The number of hydrogen-bond acceptors (Lipinski definition) is 2. The average Bonchev–Trinajstić information content (AvgIpc) is 3.93. The average molecular weight is 865 g/mol. The first-order valence-corrected chi connectivity index (χ1v) is 23.2. The molecule has 4 heteroatoms. The molecule has 0 N–H and O–H groups in total. The van der Waals surface area contributed by atoms with Crippen LogP contribution in [0.2, 0.25) is 0 Å². The van der Waals surface area contributed by atoms with E-state index < -0.39 is 0 Å². The minimum atomic E-state index is 0.831. The van der Waals surface area contributed by atoms with E-state index in [0.29, 0.717) is 0 Å². The smallest absolute Gasteiger partial charge is 0.113 e. The molecule has 0 fully saturated rings. The summed E-state index contributed by atoms with van der Waals surface area (Å²) in [5.41, 5.74) is 16.7. The molecule has 3 heterocycles. The summed E-state index contributed by atoms with van der Waals surface area (Å²) in [5, 5.41) is 9.86. The van der Waals surface area contributed by atoms with Gasteiger partial charge >= 0.3 is 0 Å². The number of rotatable bonds is 6. The Morgan fingerprint density at radius 3 is 1.41 bits per heavy atom. The molecule has 0 saturated heterocycles. The van der Waals surface area contributed by atoms with Crippen LogP contribution in [0.4, 0.5) is 0 Å². The summed E-state index contributed by atoms with van der Waals surface area (Å²) in [7, 11) is 0. The van der Waals surface area contributed by atoms with Crippen molar-refractivity contribution in [1.29, 1.82) is 0 Å². The molecular formula is C64H40N4. The van der Waals surface area contributed by atoms with Crippen molar-refractivity contribution in [3.05, 3.63) is 243 Å². The van der Waals surface area contributed by atoms with Gasteiger partial charge in [-0.3, -0.25) is 0 Å². The van der Waals surface area contributed by atoms with Gasteiger partial charge in [-0.15, -0.1) is 0 Å². The van der Waals surface area contributed by atoms with Gasteiger partial charge in [0.05, 0.1) is 44.7 Å². The van der Waals surface area contributed by atoms with Gasteiger partial charge in [-0.25, -0.2) is 9.97 Å². The lowest BCUT2D eigenvalue weighted by Crippen LogP contribution is -2.01. The fourth-order valence-electron chi connectivity index (χ4n) is 10.8. The first-order chi connectivity index (χ1) is 33.7. The van der Waals surface area contributed by atoms with Gasteiger partial charge in [-0.1, -0.05) is 200 Å². The largest absolute Gasteiger partial charge is 0.309 e. The van der Waals surface area contributed by atoms with E-state index >= 15 is 0 Å². The van der Waals surface area contributed by atoms with Crippen LogP contribution >= 0.6 is 0 Å². The lowest BCUT2D eigenvalue weighted by Gasteiger charge is -2.15. The molecule has 0 aliphatic heterocycles. The molecule has 0 saturated carbocycles. The van der Waals surface area contributed by atoms with Gasteiger partial charge in [-0.05, 0) is 80.9 Å². The third-order valence-corrected chi connectivity index (χ3v) is 13.9. The van der Waals surface area contributed by atoms with Crippen molar-refractivity contribution in [3.8, 4) is 56.1 Å². The Kier molecular flexibility index (Phi) is 8.55. The van der Waals surface area contributed by atoms with E-state index in [2.05, 4.69) is 252 Å². The normalized spacial score (nSPS) is 11.8. The summed E-state index contributed by atoms with van der Waals surface area (Å²) in [6.07, 6.45) is 0. The molecule has 0 spiro atoms. The summed E-state index contributed by atoms with van der Waals surface area (Å²) >= 11 is 0. The highest BCUT2D eigenvalue weighted by Crippen LogP contribution is 2.46. The first-order valence-electron chi connectivity index (χ1n) is 23.2. The highest BCUT2D eigenvalue weighted by Gasteiger charge is 2.24. The van der Waals surface area contributed by atoms with Crippen LogP contribution in [-0.4, -0.2) is 19.1 Å². The van der Waals surface area contributed by atoms with Gasteiger partial charge in [0.2, 0.25) is 0 Å². The molecular weight excluding hydrogens is 825 g/mol. The summed E-state index contributed by atoms with van der Waals surface area (Å²) in [5.74, 6) is 0. The van der Waals surface area contributed by atoms with Crippen LogP contribution in [0.1, 0.15) is 0 Å². The SMILES string of the molecule is c1ccc(-c2ccc(-c3nc4cccc(-n5c6ccccc6c6cc7c8c9ccccc9c9ccccc9c8n(-c8ccccc8)c7cc65)c4nc3-c3ccc(-c4ccccc4)cc3)cc2)cc1. The molecule has 316 valence electrons. The maximum absolute atomic E-state index is 5.72. The van der Waals surface area contributed by atoms with Gasteiger partial charge in [0.25, 0.3) is 0 Å². The molecule has 4 nitrogen and oxygen atoms in total. The van der Waals surface area contributed by atoms with E-state index in [1.807, 2.05) is 0 Å². The summed E-state index contributed by atoms with van der Waals surface area (Å²) in [6.45, 7) is 0. The molecule has 0 unspecified atom stereocenters. The van der Waals surface area contributed by atoms with Crippen molar-refractivity contribution in [3.63, 3.8) is 0 Å². The van der Waals surface area contributed by atoms with E-state index in [1.54, 1.807) is 0 Å². The van der Waals surface area contributed by atoms with Gasteiger partial charge in [0.15, 0.2) is 0 Å². The zero-order valence-electron chi connectivity index (χ0n) is 36.9. The van der Waals surface area contributed by atoms with Crippen molar-refractivity contribution in [2.75, 3.05) is 0 Å². The van der Waals surface area contributed by atoms with Crippen LogP contribution in [0, 0.1) is 0 Å². The predicted octanol–water partition coefficient (Wildman–Crippen LogP) is 16.8. The fourth-order valence-corrected chi connectivity index (χ4v) is 10.8. The third-order valence-electron chi connectivity index (χ3n) is 13.9. The van der Waals surface area contributed by atoms with Crippen LogP contribution in [0.15, 0.2) is 243 Å². The Labute approximate surface area is 392 Å². The Bertz CT molecular complexity index is 4270. The van der Waals surface area contributed by atoms with E-state index in [4.69, 9.17) is 9.97 Å². The molecule has 68 heavy (non-hydrogen) atoms. The number of hydrogen-bond donors (Lipinski definition) is 0. The van der Waals surface area contributed by atoms with Crippen LogP contribution in [0.5, 0.6) is 0 Å². The molecule has 0 bridgehead atoms. The quantitative estimate of drug-likeness (QED) is 0.156. The maximum atomic E-state index is 5.72. The Balaban J connectivity index is 1.05. The second-order valence-electron chi connectivity index (χ2n) is 17.7. The lowest BCUT2D eigenvalue weighted by atomic mass is 9.96. The monoisotopic (exact) mass is 864 g/mol. The van der Waals surface area contributed by atoms with Gasteiger partial charge < -0.3 is 9.13 Å². The van der Waals surface area contributed by atoms with Crippen molar-refractivity contribution >= 4 is 76.2 Å². The number of aromatic nitrogens is 4. The second kappa shape index (κ2) is 15.2. The molecule has 14 aromatic rings. The Morgan fingerprint density at radius 2 is 0.765 bits per heavy atom. The van der Waals surface area contributed by atoms with Crippen molar-refractivity contribution in [2.45, 2.75) is 0 Å². The molecule has 0 atom stereocenters. The van der Waals surface area contributed by atoms with E-state index in [9.17, 15) is 0 Å². The van der Waals surface area contributed by atoms with Gasteiger partial charge in [0.1, 0.15) is 5.52 Å². The van der Waals surface area contributed by atoms with Crippen LogP contribution in [-0.2, 0) is 0 Å². The van der Waals surface area contributed by atoms with Crippen LogP contribution in [0.3, 0.4) is 0 Å². The zero-order chi connectivity index (χ0) is 44.7. The predicted molar refractivity (Wildman–Crippen MR) is 285 cm³/mol. The highest BCUT2D eigenvalue weighted by atomic mass is 15.0. The molecule has 0 aliphatic rings. The lowest BCUT2D eigenvalue weighted by molar-refractivity contribution is 1.16. The van der Waals surface area contributed by atoms with Crippen molar-refractivity contribution in [2.24, 2.45) is 0 Å². The minimum Gasteiger partial charge on any atom is -0.309 e. The molecule has 14 rings (SSSR count). The number of benzene rings is 11. The third kappa shape index (κ3) is 5.87. The zero-order valence-corrected chi connectivity index (χ0v) is 36.9. The van der Waals surface area contributed by atoms with Gasteiger partial charge in [-0.2, -0.15) is 0 Å². The fraction of sp³-hybridized carbons (Fsp3) is 0. The Hall–Kier alpha value is -9.12. The second-order valence-corrected chi connectivity index (χ2v) is 17.7. The highest BCUT2D eigenvalue weighted by molar-refractivity contribution is 6.33. The van der Waals surface area contributed by atoms with E-state index in [1.165, 1.54) is 59.7 Å². The van der Waals surface area contributed by atoms with Gasteiger partial charge in [0, 0.05) is 43.7 Å². The van der Waals surface area contributed by atoms with Crippen LogP contribution in [0.25, 0.3) is 132 Å². The van der Waals surface area contributed by atoms with Crippen LogP contribution < -0.4 is 0 Å². The van der Waals surface area contributed by atoms with E-state index in [0.717, 1.165) is 72.6 Å². The summed E-state index contributed by atoms with van der Waals surface area (Å²) in [4.78, 5) is 11.3. The first kappa shape index (κ1) is 38.2. The van der Waals surface area contributed by atoms with Crippen molar-refractivity contribution < 1.29 is 0 Å². The molecule has 11 aromatic carbocycles. The number of fused-ring (bicyclic) bond motifs is 12. The molecule has 0 aliphatic carbocycles. The van der Waals surface area contributed by atoms with Crippen molar-refractivity contribution in [1.82, 2.24) is 19.1 Å². The number of para-hydroxylation sites is 3. The maximum Gasteiger partial charge on any atom is 0.113 e. The van der Waals surface area contributed by atoms with E-state index in [-0.39, 0.29) is 0 Å². The number of nitrogens with zero attached hydrogens (tertiary/aromatic N) is 4. The molecule has 0 amide bonds. The Morgan fingerprint density at radius 1 is 0.279 bits per heavy atom. The standard InChI is InChI=1S/C64H40N4/c1-4-17-41(18-5-1)43-31-35-45(36-32-43)61-62(46-37-33-44(34-38-46)42-19-6-2-7-20-42)66-63-55(65-61)28-16-30-57(63)68-56-29-15-14-25-50(56)53-39-54-59(40-58(53)68)67(47-21-8-3-9-22-47)64-52-27-13-11-24-49(52)48-23-10-12-26-51(48)60(54)64/h1-40H. The topological polar surface area (TPSA) is 35.6 Å². The minimum absolute atomic E-state index is 0.831. The summed E-state index contributed by atoms with van der Waals surface area (Å²) < 4.78 is 4.90. The molecule has 0 radical (unpaired) electrons.